The second kappa shape index (κ2) is 14.6. The van der Waals surface area contributed by atoms with Crippen molar-refractivity contribution in [3.8, 4) is 5.75 Å². The van der Waals surface area contributed by atoms with Crippen LogP contribution in [0.25, 0.3) is 0 Å². The molecule has 3 fully saturated rings. The predicted octanol–water partition coefficient (Wildman–Crippen LogP) is 4.44. The highest BCUT2D eigenvalue weighted by atomic mass is 19.3. The number of alkyl halides is 2. The van der Waals surface area contributed by atoms with Crippen molar-refractivity contribution in [1.29, 1.82) is 0 Å². The Morgan fingerprint density at radius 3 is 2.51 bits per heavy atom. The fraction of sp³-hybridized carbons (Fsp3) is 0.571. The zero-order valence-electron chi connectivity index (χ0n) is 26.7. The lowest BCUT2D eigenvalue weighted by Gasteiger charge is -2.45. The SMILES string of the molecule is CCO[C@H]1C[C@@H]2CN(C(=O)[C@@H](NC(=O)OCc3ccccc3)C3CCC(F)(F)CC3)[C@H](C(=O)N[C@@H]3CCOc4ccccc43)CN2C1. The van der Waals surface area contributed by atoms with Gasteiger partial charge in [0.1, 0.15) is 24.4 Å². The standard InChI is InChI=1S/C35H44F2N4O6/c1-2-45-26-18-25-19-41(29(21-40(25)20-26)32(42)38-28-14-17-46-30-11-7-6-10-27(28)30)33(43)31(24-12-15-35(36,37)16-13-24)39-34(44)47-22-23-8-4-3-5-9-23/h3-11,24-26,28-29,31H,2,12-22H2,1H3,(H,38,42)(H,39,44)/t25-,26+,28-,29+,31+/m1/s1. The van der Waals surface area contributed by atoms with Gasteiger partial charge in [0.05, 0.1) is 18.8 Å². The van der Waals surface area contributed by atoms with Crippen LogP contribution in [0.4, 0.5) is 13.6 Å². The lowest BCUT2D eigenvalue weighted by molar-refractivity contribution is -0.149. The molecule has 0 bridgehead atoms. The van der Waals surface area contributed by atoms with E-state index in [1.54, 1.807) is 4.90 Å². The Balaban J connectivity index is 1.24. The molecule has 0 spiro atoms. The van der Waals surface area contributed by atoms with Crippen molar-refractivity contribution < 1.29 is 37.4 Å². The van der Waals surface area contributed by atoms with Gasteiger partial charge in [-0.25, -0.2) is 13.6 Å². The lowest BCUT2D eigenvalue weighted by Crippen LogP contribution is -2.66. The summed E-state index contributed by atoms with van der Waals surface area (Å²) >= 11 is 0. The number of fused-ring (bicyclic) bond motifs is 2. The monoisotopic (exact) mass is 654 g/mol. The van der Waals surface area contributed by atoms with Gasteiger partial charge in [-0.15, -0.1) is 0 Å². The van der Waals surface area contributed by atoms with E-state index in [1.165, 1.54) is 0 Å². The van der Waals surface area contributed by atoms with Gasteiger partial charge in [-0.1, -0.05) is 48.5 Å². The van der Waals surface area contributed by atoms with Crippen molar-refractivity contribution in [3.63, 3.8) is 0 Å². The van der Waals surface area contributed by atoms with Gasteiger partial charge in [0.25, 0.3) is 0 Å². The van der Waals surface area contributed by atoms with Crippen LogP contribution < -0.4 is 15.4 Å². The summed E-state index contributed by atoms with van der Waals surface area (Å²) in [5.74, 6) is -3.39. The van der Waals surface area contributed by atoms with Gasteiger partial charge in [-0.3, -0.25) is 14.5 Å². The summed E-state index contributed by atoms with van der Waals surface area (Å²) in [5.41, 5.74) is 1.65. The number of alkyl carbamates (subject to hydrolysis) is 1. The topological polar surface area (TPSA) is 109 Å². The summed E-state index contributed by atoms with van der Waals surface area (Å²) in [6.45, 7) is 4.14. The predicted molar refractivity (Wildman–Crippen MR) is 169 cm³/mol. The Morgan fingerprint density at radius 1 is 1.00 bits per heavy atom. The third-order valence-corrected chi connectivity index (χ3v) is 9.93. The maximum atomic E-state index is 14.6. The fourth-order valence-corrected chi connectivity index (χ4v) is 7.46. The number of hydrogen-bond donors (Lipinski definition) is 2. The summed E-state index contributed by atoms with van der Waals surface area (Å²) in [5, 5.41) is 5.91. The van der Waals surface area contributed by atoms with E-state index in [-0.39, 0.29) is 62.9 Å². The van der Waals surface area contributed by atoms with Crippen molar-refractivity contribution in [2.75, 3.05) is 32.8 Å². The van der Waals surface area contributed by atoms with Crippen LogP contribution >= 0.6 is 0 Å². The quantitative estimate of drug-likeness (QED) is 0.412. The van der Waals surface area contributed by atoms with Crippen molar-refractivity contribution in [1.82, 2.24) is 20.4 Å². The van der Waals surface area contributed by atoms with E-state index in [4.69, 9.17) is 14.2 Å². The van der Waals surface area contributed by atoms with Gasteiger partial charge in [0.15, 0.2) is 0 Å². The first-order chi connectivity index (χ1) is 22.7. The smallest absolute Gasteiger partial charge is 0.408 e. The molecule has 0 unspecified atom stereocenters. The second-order valence-corrected chi connectivity index (χ2v) is 13.0. The molecular formula is C35H44F2N4O6. The van der Waals surface area contributed by atoms with Crippen molar-refractivity contribution >= 4 is 17.9 Å². The van der Waals surface area contributed by atoms with E-state index in [2.05, 4.69) is 15.5 Å². The number of para-hydroxylation sites is 1. The molecule has 254 valence electrons. The number of halogens is 2. The highest BCUT2D eigenvalue weighted by Gasteiger charge is 2.48. The van der Waals surface area contributed by atoms with E-state index in [0.717, 1.165) is 11.1 Å². The Kier molecular flexibility index (Phi) is 10.3. The van der Waals surface area contributed by atoms with E-state index < -0.39 is 35.9 Å². The van der Waals surface area contributed by atoms with Gasteiger partial charge in [-0.05, 0) is 43.7 Å². The van der Waals surface area contributed by atoms with Crippen LogP contribution in [-0.4, -0.2) is 90.7 Å². The van der Waals surface area contributed by atoms with E-state index >= 15 is 0 Å². The molecule has 3 amide bonds. The van der Waals surface area contributed by atoms with Crippen LogP contribution in [0.5, 0.6) is 5.75 Å². The highest BCUT2D eigenvalue weighted by molar-refractivity contribution is 5.92. The Morgan fingerprint density at radius 2 is 1.74 bits per heavy atom. The number of carbonyl (C=O) groups excluding carboxylic acids is 3. The Hall–Kier alpha value is -3.77. The number of benzene rings is 2. The molecule has 10 nitrogen and oxygen atoms in total. The summed E-state index contributed by atoms with van der Waals surface area (Å²) in [6, 6.07) is 14.4. The summed E-state index contributed by atoms with van der Waals surface area (Å²) in [6.07, 6.45) is -0.165. The molecule has 2 aromatic carbocycles. The lowest BCUT2D eigenvalue weighted by atomic mass is 9.81. The first-order valence-corrected chi connectivity index (χ1v) is 16.7. The normalized spacial score (nSPS) is 26.3. The van der Waals surface area contributed by atoms with Crippen molar-refractivity contribution in [2.24, 2.45) is 5.92 Å². The van der Waals surface area contributed by atoms with Crippen LogP contribution in [0.15, 0.2) is 54.6 Å². The minimum atomic E-state index is -2.82. The Bertz CT molecular complexity index is 1400. The molecule has 3 aliphatic heterocycles. The minimum Gasteiger partial charge on any atom is -0.493 e. The number of nitrogens with one attached hydrogen (secondary N) is 2. The fourth-order valence-electron chi connectivity index (χ4n) is 7.46. The Labute approximate surface area is 274 Å². The number of nitrogens with zero attached hydrogens (tertiary/aromatic N) is 2. The van der Waals surface area contributed by atoms with Crippen molar-refractivity contribution in [3.05, 3.63) is 65.7 Å². The molecule has 2 saturated heterocycles. The van der Waals surface area contributed by atoms with Crippen LogP contribution in [-0.2, 0) is 25.7 Å². The minimum absolute atomic E-state index is 0.00645. The molecule has 2 aromatic rings. The first kappa shape index (κ1) is 33.1. The van der Waals surface area contributed by atoms with E-state index in [1.807, 2.05) is 61.5 Å². The molecule has 1 aliphatic carbocycles. The molecule has 4 aliphatic rings. The number of rotatable bonds is 9. The summed E-state index contributed by atoms with van der Waals surface area (Å²) in [7, 11) is 0. The summed E-state index contributed by atoms with van der Waals surface area (Å²) in [4.78, 5) is 45.6. The first-order valence-electron chi connectivity index (χ1n) is 16.7. The number of piperazine rings is 1. The van der Waals surface area contributed by atoms with Crippen LogP contribution in [0.1, 0.15) is 62.6 Å². The number of carbonyl (C=O) groups is 3. The maximum Gasteiger partial charge on any atom is 0.408 e. The van der Waals surface area contributed by atoms with Gasteiger partial charge in [-0.2, -0.15) is 0 Å². The van der Waals surface area contributed by atoms with Gasteiger partial charge in [0, 0.05) is 57.1 Å². The van der Waals surface area contributed by atoms with Gasteiger partial charge >= 0.3 is 6.09 Å². The maximum absolute atomic E-state index is 14.6. The van der Waals surface area contributed by atoms with Gasteiger partial charge < -0.3 is 29.7 Å². The highest BCUT2D eigenvalue weighted by Crippen LogP contribution is 2.39. The molecule has 5 atom stereocenters. The average Bonchev–Trinajstić information content (AvgIpc) is 3.48. The molecule has 2 N–H and O–H groups in total. The van der Waals surface area contributed by atoms with E-state index in [9.17, 15) is 23.2 Å². The second-order valence-electron chi connectivity index (χ2n) is 13.0. The van der Waals surface area contributed by atoms with Gasteiger partial charge in [0.2, 0.25) is 17.7 Å². The molecule has 6 rings (SSSR count). The van der Waals surface area contributed by atoms with Crippen molar-refractivity contribution in [2.45, 2.75) is 88.2 Å². The summed E-state index contributed by atoms with van der Waals surface area (Å²) < 4.78 is 45.6. The zero-order valence-corrected chi connectivity index (χ0v) is 26.7. The number of ether oxygens (including phenoxy) is 3. The molecule has 0 radical (unpaired) electrons. The van der Waals surface area contributed by atoms with E-state index in [0.29, 0.717) is 44.9 Å². The average molecular weight is 655 g/mol. The molecule has 1 saturated carbocycles. The largest absolute Gasteiger partial charge is 0.493 e. The molecule has 3 heterocycles. The molecule has 47 heavy (non-hydrogen) atoms. The number of hydrogen-bond acceptors (Lipinski definition) is 7. The van der Waals surface area contributed by atoms with Crippen LogP contribution in [0, 0.1) is 5.92 Å². The third kappa shape index (κ3) is 7.86. The number of amides is 3. The zero-order chi connectivity index (χ0) is 33.0. The molecule has 0 aromatic heterocycles. The van der Waals surface area contributed by atoms with Crippen LogP contribution in [0.2, 0.25) is 0 Å². The third-order valence-electron chi connectivity index (χ3n) is 9.93. The molecular weight excluding hydrogens is 610 g/mol. The van der Waals surface area contributed by atoms with Crippen LogP contribution in [0.3, 0.4) is 0 Å². The molecule has 12 heteroatoms.